The third-order valence-corrected chi connectivity index (χ3v) is 2.66. The average Bonchev–Trinajstić information content (AvgIpc) is 2.86. The Morgan fingerprint density at radius 2 is 2.10 bits per heavy atom. The number of nitro groups is 1. The second kappa shape index (κ2) is 5.25. The Morgan fingerprint density at radius 1 is 1.40 bits per heavy atom. The van der Waals surface area contributed by atoms with Gasteiger partial charge in [-0.3, -0.25) is 14.9 Å². The van der Waals surface area contributed by atoms with Crippen molar-refractivity contribution in [2.75, 3.05) is 14.1 Å². The van der Waals surface area contributed by atoms with Crippen molar-refractivity contribution in [1.29, 1.82) is 0 Å². The van der Waals surface area contributed by atoms with Gasteiger partial charge >= 0.3 is 5.69 Å². The van der Waals surface area contributed by atoms with Crippen molar-refractivity contribution in [3.63, 3.8) is 0 Å². The molecule has 0 bridgehead atoms. The van der Waals surface area contributed by atoms with E-state index < -0.39 is 4.92 Å². The minimum Gasteiger partial charge on any atom is -0.343 e. The molecule has 0 atom stereocenters. The maximum absolute atomic E-state index is 11.7. The second-order valence-corrected chi connectivity index (χ2v) is 4.47. The molecule has 0 spiro atoms. The molecule has 2 aromatic heterocycles. The van der Waals surface area contributed by atoms with Crippen LogP contribution in [0.25, 0.3) is 5.82 Å². The van der Waals surface area contributed by atoms with E-state index in [-0.39, 0.29) is 28.3 Å². The van der Waals surface area contributed by atoms with E-state index in [1.807, 2.05) is 0 Å². The van der Waals surface area contributed by atoms with Gasteiger partial charge in [-0.1, -0.05) is 11.6 Å². The molecule has 0 aliphatic heterocycles. The van der Waals surface area contributed by atoms with E-state index in [9.17, 15) is 14.9 Å². The minimum atomic E-state index is -0.590. The highest BCUT2D eigenvalue weighted by Gasteiger charge is 2.20. The third-order valence-electron chi connectivity index (χ3n) is 2.45. The number of amides is 1. The van der Waals surface area contributed by atoms with Crippen LogP contribution < -0.4 is 0 Å². The summed E-state index contributed by atoms with van der Waals surface area (Å²) in [4.78, 5) is 27.4. The Balaban J connectivity index is 2.50. The van der Waals surface area contributed by atoms with Crippen molar-refractivity contribution in [2.45, 2.75) is 0 Å². The van der Waals surface area contributed by atoms with Gasteiger partial charge in [0.1, 0.15) is 5.15 Å². The summed E-state index contributed by atoms with van der Waals surface area (Å²) in [5, 5.41) is 15.0. The van der Waals surface area contributed by atoms with E-state index in [1.165, 1.54) is 29.3 Å². The molecule has 2 rings (SSSR count). The van der Waals surface area contributed by atoms with Gasteiger partial charge in [0.2, 0.25) is 5.82 Å². The van der Waals surface area contributed by atoms with Gasteiger partial charge in [0.25, 0.3) is 5.91 Å². The van der Waals surface area contributed by atoms with Gasteiger partial charge in [-0.2, -0.15) is 5.10 Å². The van der Waals surface area contributed by atoms with Crippen molar-refractivity contribution < 1.29 is 9.72 Å². The fourth-order valence-electron chi connectivity index (χ4n) is 1.51. The van der Waals surface area contributed by atoms with Crippen LogP contribution in [0.3, 0.4) is 0 Å². The lowest BCUT2D eigenvalue weighted by molar-refractivity contribution is -0.384. The lowest BCUT2D eigenvalue weighted by Crippen LogP contribution is -2.22. The molecule has 0 unspecified atom stereocenters. The Labute approximate surface area is 118 Å². The molecule has 0 N–H and O–H groups in total. The quantitative estimate of drug-likeness (QED) is 0.486. The Kier molecular flexibility index (Phi) is 3.66. The summed E-state index contributed by atoms with van der Waals surface area (Å²) in [6.45, 7) is 0. The summed E-state index contributed by atoms with van der Waals surface area (Å²) in [5.74, 6) is -0.353. The summed E-state index contributed by atoms with van der Waals surface area (Å²) in [5.41, 5.74) is -0.0903. The highest BCUT2D eigenvalue weighted by atomic mass is 35.5. The molecule has 9 heteroatoms. The molecule has 0 fully saturated rings. The van der Waals surface area contributed by atoms with Gasteiger partial charge in [-0.15, -0.1) is 0 Å². The maximum atomic E-state index is 11.7. The first kappa shape index (κ1) is 13.9. The molecular formula is C11H10ClN5O3. The Hall–Kier alpha value is -2.48. The molecule has 0 radical (unpaired) electrons. The normalized spacial score (nSPS) is 10.3. The first-order valence-corrected chi connectivity index (χ1v) is 5.86. The Bertz CT molecular complexity index is 682. The number of pyridine rings is 1. The largest absolute Gasteiger partial charge is 0.343 e. The van der Waals surface area contributed by atoms with E-state index in [0.29, 0.717) is 0 Å². The van der Waals surface area contributed by atoms with Crippen LogP contribution in [0.5, 0.6) is 0 Å². The summed E-state index contributed by atoms with van der Waals surface area (Å²) in [7, 11) is 3.17. The zero-order valence-electron chi connectivity index (χ0n) is 10.6. The van der Waals surface area contributed by atoms with Crippen molar-refractivity contribution in [1.82, 2.24) is 19.7 Å². The first-order valence-electron chi connectivity index (χ1n) is 5.49. The molecular weight excluding hydrogens is 286 g/mol. The lowest BCUT2D eigenvalue weighted by Gasteiger charge is -2.07. The van der Waals surface area contributed by atoms with E-state index >= 15 is 0 Å². The SMILES string of the molecule is CN(C)C(=O)c1ccn(-c2nc(Cl)ccc2[N+](=O)[O-])n1. The van der Waals surface area contributed by atoms with Gasteiger partial charge in [-0.25, -0.2) is 9.67 Å². The monoisotopic (exact) mass is 295 g/mol. The van der Waals surface area contributed by atoms with Crippen LogP contribution in [0.15, 0.2) is 24.4 Å². The van der Waals surface area contributed by atoms with Gasteiger partial charge in [0.15, 0.2) is 5.69 Å². The number of hydrogen-bond acceptors (Lipinski definition) is 5. The summed E-state index contributed by atoms with van der Waals surface area (Å²) in [6.07, 6.45) is 1.42. The fraction of sp³-hybridized carbons (Fsp3) is 0.182. The van der Waals surface area contributed by atoms with Gasteiger partial charge in [0.05, 0.1) is 4.92 Å². The molecule has 20 heavy (non-hydrogen) atoms. The third kappa shape index (κ3) is 2.59. The minimum absolute atomic E-state index is 0.0414. The predicted molar refractivity (Wildman–Crippen MR) is 71.0 cm³/mol. The van der Waals surface area contributed by atoms with E-state index in [4.69, 9.17) is 11.6 Å². The van der Waals surface area contributed by atoms with Crippen molar-refractivity contribution >= 4 is 23.2 Å². The van der Waals surface area contributed by atoms with Crippen LogP contribution in [-0.2, 0) is 0 Å². The van der Waals surface area contributed by atoms with Crippen LogP contribution in [0.4, 0.5) is 5.69 Å². The molecule has 0 aliphatic carbocycles. The lowest BCUT2D eigenvalue weighted by atomic mass is 10.4. The van der Waals surface area contributed by atoms with Crippen molar-refractivity contribution in [2.24, 2.45) is 0 Å². The van der Waals surface area contributed by atoms with Crippen LogP contribution in [-0.4, -0.2) is 44.6 Å². The fourth-order valence-corrected chi connectivity index (χ4v) is 1.66. The van der Waals surface area contributed by atoms with E-state index in [1.54, 1.807) is 14.1 Å². The standard InChI is InChI=1S/C11H10ClN5O3/c1-15(2)11(18)7-5-6-16(14-7)10-8(17(19)20)3-4-9(12)13-10/h3-6H,1-2H3. The van der Waals surface area contributed by atoms with Gasteiger partial charge in [-0.05, 0) is 12.1 Å². The molecule has 0 aliphatic rings. The Morgan fingerprint density at radius 3 is 2.70 bits per heavy atom. The van der Waals surface area contributed by atoms with Gasteiger partial charge < -0.3 is 4.90 Å². The van der Waals surface area contributed by atoms with Crippen LogP contribution in [0.1, 0.15) is 10.5 Å². The maximum Gasteiger partial charge on any atom is 0.313 e. The van der Waals surface area contributed by atoms with Crippen molar-refractivity contribution in [3.05, 3.63) is 45.4 Å². The number of carbonyl (C=O) groups excluding carboxylic acids is 1. The number of nitrogens with zero attached hydrogens (tertiary/aromatic N) is 5. The van der Waals surface area contributed by atoms with Gasteiger partial charge in [0, 0.05) is 26.4 Å². The number of hydrogen-bond donors (Lipinski definition) is 0. The van der Waals surface area contributed by atoms with Crippen LogP contribution in [0, 0.1) is 10.1 Å². The summed E-state index contributed by atoms with van der Waals surface area (Å²) in [6, 6.07) is 4.01. The molecule has 1 amide bonds. The zero-order chi connectivity index (χ0) is 14.9. The highest BCUT2D eigenvalue weighted by Crippen LogP contribution is 2.22. The average molecular weight is 296 g/mol. The summed E-state index contributed by atoms with van der Waals surface area (Å²) < 4.78 is 1.15. The number of carbonyl (C=O) groups is 1. The topological polar surface area (TPSA) is 94.2 Å². The number of rotatable bonds is 3. The molecule has 0 aromatic carbocycles. The van der Waals surface area contributed by atoms with Crippen molar-refractivity contribution in [3.8, 4) is 5.82 Å². The number of aromatic nitrogens is 3. The number of halogens is 1. The molecule has 2 aromatic rings. The first-order chi connectivity index (χ1) is 9.40. The molecule has 0 saturated carbocycles. The second-order valence-electron chi connectivity index (χ2n) is 4.08. The molecule has 104 valence electrons. The summed E-state index contributed by atoms with van der Waals surface area (Å²) >= 11 is 5.74. The highest BCUT2D eigenvalue weighted by molar-refractivity contribution is 6.29. The van der Waals surface area contributed by atoms with E-state index in [0.717, 1.165) is 4.68 Å². The smallest absolute Gasteiger partial charge is 0.313 e. The molecule has 2 heterocycles. The van der Waals surface area contributed by atoms with Crippen LogP contribution >= 0.6 is 11.6 Å². The predicted octanol–water partition coefficient (Wildman–Crippen LogP) is 1.53. The molecule has 8 nitrogen and oxygen atoms in total. The molecule has 0 saturated heterocycles. The van der Waals surface area contributed by atoms with Crippen LogP contribution in [0.2, 0.25) is 5.15 Å². The van der Waals surface area contributed by atoms with E-state index in [2.05, 4.69) is 10.1 Å². The zero-order valence-corrected chi connectivity index (χ0v) is 11.4.